The van der Waals surface area contributed by atoms with Crippen molar-refractivity contribution in [1.29, 1.82) is 0 Å². The van der Waals surface area contributed by atoms with Crippen molar-refractivity contribution in [2.75, 3.05) is 6.54 Å². The zero-order valence-corrected chi connectivity index (χ0v) is 6.41. The van der Waals surface area contributed by atoms with Crippen LogP contribution in [0.4, 0.5) is 0 Å². The van der Waals surface area contributed by atoms with Gasteiger partial charge in [-0.2, -0.15) is 4.99 Å². The summed E-state index contributed by atoms with van der Waals surface area (Å²) >= 11 is 0. The molecule has 0 atom stereocenters. The van der Waals surface area contributed by atoms with Crippen molar-refractivity contribution in [3.05, 3.63) is 12.3 Å². The first-order valence-corrected chi connectivity index (χ1v) is 2.95. The Kier molecular flexibility index (Phi) is 2.05. The van der Waals surface area contributed by atoms with E-state index >= 15 is 0 Å². The number of aliphatic imine (C=N–C) groups is 2. The molecule has 0 saturated heterocycles. The lowest BCUT2D eigenvalue weighted by molar-refractivity contribution is -0.116. The Labute approximate surface area is 69.7 Å². The summed E-state index contributed by atoms with van der Waals surface area (Å²) in [5, 5.41) is 0. The van der Waals surface area contributed by atoms with Gasteiger partial charge in [0.25, 0.3) is 5.91 Å². The molecule has 5 heteroatoms. The van der Waals surface area contributed by atoms with Gasteiger partial charge in [-0.15, -0.1) is 12.4 Å². The summed E-state index contributed by atoms with van der Waals surface area (Å²) in [6.45, 7) is 0.336. The number of carbonyl (C=O) groups is 1. The van der Waals surface area contributed by atoms with Crippen molar-refractivity contribution in [2.45, 2.75) is 0 Å². The van der Waals surface area contributed by atoms with Gasteiger partial charge in [-0.25, -0.2) is 4.99 Å². The average Bonchev–Trinajstić information content (AvgIpc) is 2.27. The molecule has 0 aromatic carbocycles. The highest BCUT2D eigenvalue weighted by Crippen LogP contribution is 2.06. The van der Waals surface area contributed by atoms with Crippen LogP contribution < -0.4 is 0 Å². The fourth-order valence-electron chi connectivity index (χ4n) is 0.902. The maximum Gasteiger partial charge on any atom is 0.268 e. The van der Waals surface area contributed by atoms with Crippen LogP contribution in [0.5, 0.6) is 0 Å². The average molecular weight is 172 g/mol. The van der Waals surface area contributed by atoms with Gasteiger partial charge in [-0.1, -0.05) is 0 Å². The van der Waals surface area contributed by atoms with E-state index in [0.29, 0.717) is 12.5 Å². The number of hydrogen-bond acceptors (Lipinski definition) is 3. The molecule has 11 heavy (non-hydrogen) atoms. The van der Waals surface area contributed by atoms with Crippen LogP contribution in [0.1, 0.15) is 0 Å². The van der Waals surface area contributed by atoms with E-state index in [9.17, 15) is 4.79 Å². The maximum absolute atomic E-state index is 10.7. The Hall–Kier alpha value is -1.16. The summed E-state index contributed by atoms with van der Waals surface area (Å²) in [4.78, 5) is 19.9. The zero-order chi connectivity index (χ0) is 6.97. The van der Waals surface area contributed by atoms with Crippen LogP contribution in [0.2, 0.25) is 0 Å². The molecule has 2 aliphatic rings. The number of fused-ring (bicyclic) bond motifs is 1. The third-order valence-corrected chi connectivity index (χ3v) is 1.33. The number of nitrogens with zero attached hydrogens (tertiary/aromatic N) is 3. The molecule has 2 aliphatic heterocycles. The minimum absolute atomic E-state index is 0. The van der Waals surface area contributed by atoms with E-state index in [0.717, 1.165) is 0 Å². The fourth-order valence-corrected chi connectivity index (χ4v) is 0.902. The molecule has 0 bridgehead atoms. The van der Waals surface area contributed by atoms with Crippen molar-refractivity contribution in [3.63, 3.8) is 0 Å². The second-order valence-electron chi connectivity index (χ2n) is 2.05. The lowest BCUT2D eigenvalue weighted by Crippen LogP contribution is -2.22. The van der Waals surface area contributed by atoms with Crippen LogP contribution in [0.15, 0.2) is 22.3 Å². The minimum Gasteiger partial charge on any atom is -0.308 e. The first-order valence-electron chi connectivity index (χ1n) is 2.95. The summed E-state index contributed by atoms with van der Waals surface area (Å²) in [5.74, 6) is 0.381. The Bertz CT molecular complexity index is 269. The molecule has 0 aliphatic carbocycles. The number of allylic oxidation sites excluding steroid dienone is 1. The number of halogens is 1. The lowest BCUT2D eigenvalue weighted by atomic mass is 10.5. The van der Waals surface area contributed by atoms with E-state index in [1.165, 1.54) is 0 Å². The monoisotopic (exact) mass is 171 g/mol. The van der Waals surface area contributed by atoms with Gasteiger partial charge in [0, 0.05) is 12.4 Å². The van der Waals surface area contributed by atoms with Crippen molar-refractivity contribution in [1.82, 2.24) is 4.90 Å². The maximum atomic E-state index is 10.7. The topological polar surface area (TPSA) is 45.0 Å². The van der Waals surface area contributed by atoms with Gasteiger partial charge in [0.1, 0.15) is 6.54 Å². The van der Waals surface area contributed by atoms with Crippen LogP contribution in [-0.4, -0.2) is 29.5 Å². The highest BCUT2D eigenvalue weighted by atomic mass is 35.5. The van der Waals surface area contributed by atoms with Gasteiger partial charge in [0.05, 0.1) is 0 Å². The van der Waals surface area contributed by atoms with Crippen LogP contribution in [0, 0.1) is 0 Å². The summed E-state index contributed by atoms with van der Waals surface area (Å²) < 4.78 is 0. The second kappa shape index (κ2) is 2.84. The highest BCUT2D eigenvalue weighted by Gasteiger charge is 2.21. The van der Waals surface area contributed by atoms with E-state index in [-0.39, 0.29) is 18.3 Å². The number of amides is 1. The van der Waals surface area contributed by atoms with Crippen molar-refractivity contribution in [3.8, 4) is 0 Å². The number of guanidine groups is 1. The third-order valence-electron chi connectivity index (χ3n) is 1.33. The molecule has 0 spiro atoms. The van der Waals surface area contributed by atoms with Crippen LogP contribution in [0.3, 0.4) is 0 Å². The molecular weight excluding hydrogens is 166 g/mol. The van der Waals surface area contributed by atoms with E-state index in [4.69, 9.17) is 0 Å². The first kappa shape index (κ1) is 7.94. The molecule has 0 N–H and O–H groups in total. The minimum atomic E-state index is -0.126. The van der Waals surface area contributed by atoms with Crippen molar-refractivity contribution < 1.29 is 4.79 Å². The second-order valence-corrected chi connectivity index (χ2v) is 2.05. The summed E-state index contributed by atoms with van der Waals surface area (Å²) in [5.41, 5.74) is 0. The van der Waals surface area contributed by atoms with E-state index in [2.05, 4.69) is 9.98 Å². The SMILES string of the molecule is Cl.O=C1CN2C=CC=NC2=N1. The normalized spacial score (nSPS) is 19.5. The molecule has 1 amide bonds. The Morgan fingerprint density at radius 3 is 3.09 bits per heavy atom. The summed E-state index contributed by atoms with van der Waals surface area (Å²) in [6.07, 6.45) is 5.18. The smallest absolute Gasteiger partial charge is 0.268 e. The van der Waals surface area contributed by atoms with Gasteiger partial charge < -0.3 is 4.90 Å². The van der Waals surface area contributed by atoms with Gasteiger partial charge >= 0.3 is 0 Å². The molecule has 0 aromatic rings. The number of rotatable bonds is 0. The Morgan fingerprint density at radius 1 is 1.55 bits per heavy atom. The van der Waals surface area contributed by atoms with Crippen molar-refractivity contribution in [2.24, 2.45) is 9.98 Å². The van der Waals surface area contributed by atoms with Crippen LogP contribution >= 0.6 is 12.4 Å². The van der Waals surface area contributed by atoms with Gasteiger partial charge in [-0.3, -0.25) is 4.79 Å². The molecule has 58 valence electrons. The molecule has 0 radical (unpaired) electrons. The van der Waals surface area contributed by atoms with Gasteiger partial charge in [0.2, 0.25) is 5.96 Å². The lowest BCUT2D eigenvalue weighted by Gasteiger charge is -2.11. The Balaban J connectivity index is 0.000000605. The van der Waals surface area contributed by atoms with E-state index < -0.39 is 0 Å². The van der Waals surface area contributed by atoms with Gasteiger partial charge in [-0.05, 0) is 6.08 Å². The quantitative estimate of drug-likeness (QED) is 0.523. The fraction of sp³-hybridized carbons (Fsp3) is 0.167. The largest absolute Gasteiger partial charge is 0.308 e. The molecule has 0 fully saturated rings. The molecule has 2 rings (SSSR count). The molecule has 0 saturated carbocycles. The predicted octanol–water partition coefficient (Wildman–Crippen LogP) is 0.205. The molecular formula is C6H6ClN3O. The van der Waals surface area contributed by atoms with E-state index in [1.54, 1.807) is 23.4 Å². The van der Waals surface area contributed by atoms with Crippen molar-refractivity contribution >= 4 is 30.5 Å². The molecule has 2 heterocycles. The standard InChI is InChI=1S/C6H5N3O.ClH/c10-5-4-9-3-1-2-7-6(9)8-5;/h1-3H,4H2;1H. The third kappa shape index (κ3) is 1.30. The zero-order valence-electron chi connectivity index (χ0n) is 5.60. The Morgan fingerprint density at radius 2 is 2.36 bits per heavy atom. The van der Waals surface area contributed by atoms with Crippen LogP contribution in [0.25, 0.3) is 0 Å². The highest BCUT2D eigenvalue weighted by molar-refractivity contribution is 6.06. The van der Waals surface area contributed by atoms with Gasteiger partial charge in [0.15, 0.2) is 0 Å². The first-order chi connectivity index (χ1) is 4.86. The number of hydrogen-bond donors (Lipinski definition) is 0. The summed E-state index contributed by atoms with van der Waals surface area (Å²) in [6, 6.07) is 0. The number of carbonyl (C=O) groups excluding carboxylic acids is 1. The molecule has 4 nitrogen and oxygen atoms in total. The van der Waals surface area contributed by atoms with Crippen LogP contribution in [-0.2, 0) is 4.79 Å². The molecule has 0 unspecified atom stereocenters. The van der Waals surface area contributed by atoms with E-state index in [1.807, 2.05) is 0 Å². The summed E-state index contributed by atoms with van der Waals surface area (Å²) in [7, 11) is 0. The predicted molar refractivity (Wildman–Crippen MR) is 44.0 cm³/mol. The molecule has 0 aromatic heterocycles.